The summed E-state index contributed by atoms with van der Waals surface area (Å²) in [5.41, 5.74) is 7.79. The molecule has 0 saturated carbocycles. The Labute approximate surface area is 124 Å². The summed E-state index contributed by atoms with van der Waals surface area (Å²) in [6.07, 6.45) is 0.917. The van der Waals surface area contributed by atoms with E-state index in [4.69, 9.17) is 10.5 Å². The standard InChI is InChI=1S/C17H20N2O2/c1-2-10-21-16-9-4-3-8-15(16)19-17(20)14-7-5-6-13(11-14)12-18/h3-9,11H,2,10,12,18H2,1H3,(H,19,20). The third-order valence-corrected chi connectivity index (χ3v) is 3.02. The zero-order valence-electron chi connectivity index (χ0n) is 12.1. The molecule has 21 heavy (non-hydrogen) atoms. The Hall–Kier alpha value is -2.33. The predicted molar refractivity (Wildman–Crippen MR) is 84.5 cm³/mol. The van der Waals surface area contributed by atoms with Crippen LogP contribution in [0.4, 0.5) is 5.69 Å². The first-order valence-electron chi connectivity index (χ1n) is 7.06. The lowest BCUT2D eigenvalue weighted by atomic mass is 10.1. The molecule has 0 spiro atoms. The monoisotopic (exact) mass is 284 g/mol. The molecular weight excluding hydrogens is 264 g/mol. The highest BCUT2D eigenvalue weighted by Gasteiger charge is 2.10. The van der Waals surface area contributed by atoms with E-state index in [1.54, 1.807) is 12.1 Å². The number of nitrogens with two attached hydrogens (primary N) is 1. The van der Waals surface area contributed by atoms with Crippen molar-refractivity contribution in [3.05, 3.63) is 59.7 Å². The maximum absolute atomic E-state index is 12.3. The van der Waals surface area contributed by atoms with Gasteiger partial charge in [-0.15, -0.1) is 0 Å². The normalized spacial score (nSPS) is 10.2. The van der Waals surface area contributed by atoms with Gasteiger partial charge in [0.2, 0.25) is 0 Å². The van der Waals surface area contributed by atoms with Gasteiger partial charge >= 0.3 is 0 Å². The number of hydrogen-bond donors (Lipinski definition) is 2. The molecule has 0 aliphatic rings. The fourth-order valence-corrected chi connectivity index (χ4v) is 1.94. The highest BCUT2D eigenvalue weighted by Crippen LogP contribution is 2.24. The van der Waals surface area contributed by atoms with Crippen LogP contribution in [0.15, 0.2) is 48.5 Å². The molecule has 0 atom stereocenters. The van der Waals surface area contributed by atoms with Crippen molar-refractivity contribution in [2.75, 3.05) is 11.9 Å². The van der Waals surface area contributed by atoms with Crippen LogP contribution in [0, 0.1) is 0 Å². The first-order valence-corrected chi connectivity index (χ1v) is 7.06. The van der Waals surface area contributed by atoms with Gasteiger partial charge in [-0.2, -0.15) is 0 Å². The van der Waals surface area contributed by atoms with Crippen LogP contribution in [0.2, 0.25) is 0 Å². The van der Waals surface area contributed by atoms with E-state index < -0.39 is 0 Å². The maximum Gasteiger partial charge on any atom is 0.255 e. The van der Waals surface area contributed by atoms with Crippen LogP contribution >= 0.6 is 0 Å². The Bertz CT molecular complexity index is 611. The number of nitrogens with one attached hydrogen (secondary N) is 1. The fourth-order valence-electron chi connectivity index (χ4n) is 1.94. The minimum absolute atomic E-state index is 0.169. The summed E-state index contributed by atoms with van der Waals surface area (Å²) in [5.74, 6) is 0.514. The molecule has 0 aromatic heterocycles. The highest BCUT2D eigenvalue weighted by atomic mass is 16.5. The van der Waals surface area contributed by atoms with Gasteiger partial charge in [-0.3, -0.25) is 4.79 Å². The summed E-state index contributed by atoms with van der Waals surface area (Å²) in [6, 6.07) is 14.7. The molecule has 2 rings (SSSR count). The molecule has 0 saturated heterocycles. The zero-order chi connectivity index (χ0) is 15.1. The second kappa shape index (κ2) is 7.45. The van der Waals surface area contributed by atoms with Crippen molar-refractivity contribution in [2.45, 2.75) is 19.9 Å². The summed E-state index contributed by atoms with van der Waals surface area (Å²) < 4.78 is 5.63. The van der Waals surface area contributed by atoms with E-state index in [1.165, 1.54) is 0 Å². The average molecular weight is 284 g/mol. The highest BCUT2D eigenvalue weighted by molar-refractivity contribution is 6.05. The van der Waals surface area contributed by atoms with E-state index in [0.717, 1.165) is 12.0 Å². The quantitative estimate of drug-likeness (QED) is 0.856. The third kappa shape index (κ3) is 4.07. The second-order valence-electron chi connectivity index (χ2n) is 4.70. The number of para-hydroxylation sites is 2. The summed E-state index contributed by atoms with van der Waals surface area (Å²) in [5, 5.41) is 2.88. The van der Waals surface area contributed by atoms with Crippen LogP contribution in [0.1, 0.15) is 29.3 Å². The molecule has 0 bridgehead atoms. The predicted octanol–water partition coefficient (Wildman–Crippen LogP) is 3.19. The minimum atomic E-state index is -0.169. The summed E-state index contributed by atoms with van der Waals surface area (Å²) >= 11 is 0. The number of hydrogen-bond acceptors (Lipinski definition) is 3. The maximum atomic E-state index is 12.3. The van der Waals surface area contributed by atoms with E-state index in [-0.39, 0.29) is 5.91 Å². The minimum Gasteiger partial charge on any atom is -0.491 e. The van der Waals surface area contributed by atoms with Gasteiger partial charge in [-0.25, -0.2) is 0 Å². The molecule has 4 heteroatoms. The van der Waals surface area contributed by atoms with Crippen LogP contribution in [0.25, 0.3) is 0 Å². The molecular formula is C17H20N2O2. The second-order valence-corrected chi connectivity index (χ2v) is 4.70. The van der Waals surface area contributed by atoms with Crippen molar-refractivity contribution in [2.24, 2.45) is 5.73 Å². The van der Waals surface area contributed by atoms with E-state index in [1.807, 2.05) is 43.3 Å². The SMILES string of the molecule is CCCOc1ccccc1NC(=O)c1cccc(CN)c1. The summed E-state index contributed by atoms with van der Waals surface area (Å²) in [7, 11) is 0. The zero-order valence-corrected chi connectivity index (χ0v) is 12.1. The van der Waals surface area contributed by atoms with Gasteiger partial charge in [0.05, 0.1) is 12.3 Å². The van der Waals surface area contributed by atoms with E-state index >= 15 is 0 Å². The molecule has 0 aliphatic carbocycles. The summed E-state index contributed by atoms with van der Waals surface area (Å²) in [4.78, 5) is 12.3. The number of amides is 1. The summed E-state index contributed by atoms with van der Waals surface area (Å²) in [6.45, 7) is 3.08. The van der Waals surface area contributed by atoms with Crippen molar-refractivity contribution in [3.8, 4) is 5.75 Å². The Morgan fingerprint density at radius 2 is 2.00 bits per heavy atom. The van der Waals surface area contributed by atoms with E-state index in [9.17, 15) is 4.79 Å². The van der Waals surface area contributed by atoms with Gasteiger partial charge < -0.3 is 15.8 Å². The molecule has 0 radical (unpaired) electrons. The largest absolute Gasteiger partial charge is 0.491 e. The van der Waals surface area contributed by atoms with Crippen molar-refractivity contribution in [1.29, 1.82) is 0 Å². The first-order chi connectivity index (χ1) is 10.2. The number of carbonyl (C=O) groups excluding carboxylic acids is 1. The lowest BCUT2D eigenvalue weighted by molar-refractivity contribution is 0.102. The van der Waals surface area contributed by atoms with Crippen LogP contribution < -0.4 is 15.8 Å². The molecule has 0 unspecified atom stereocenters. The van der Waals surface area contributed by atoms with Gasteiger partial charge in [0.15, 0.2) is 0 Å². The smallest absolute Gasteiger partial charge is 0.255 e. The topological polar surface area (TPSA) is 64.3 Å². The Morgan fingerprint density at radius 3 is 2.76 bits per heavy atom. The van der Waals surface area contributed by atoms with Crippen LogP contribution in [0.5, 0.6) is 5.75 Å². The molecule has 1 amide bonds. The molecule has 110 valence electrons. The van der Waals surface area contributed by atoms with Crippen LogP contribution in [0.3, 0.4) is 0 Å². The Balaban J connectivity index is 2.15. The van der Waals surface area contributed by atoms with Gasteiger partial charge in [0, 0.05) is 12.1 Å². The molecule has 2 aromatic rings. The molecule has 4 nitrogen and oxygen atoms in total. The Kier molecular flexibility index (Phi) is 5.35. The van der Waals surface area contributed by atoms with Crippen molar-refractivity contribution in [1.82, 2.24) is 0 Å². The molecule has 2 aromatic carbocycles. The first kappa shape index (κ1) is 15.1. The van der Waals surface area contributed by atoms with Gasteiger partial charge in [0.25, 0.3) is 5.91 Å². The third-order valence-electron chi connectivity index (χ3n) is 3.02. The number of benzene rings is 2. The number of anilines is 1. The fraction of sp³-hybridized carbons (Fsp3) is 0.235. The van der Waals surface area contributed by atoms with Crippen molar-refractivity contribution >= 4 is 11.6 Å². The van der Waals surface area contributed by atoms with E-state index in [2.05, 4.69) is 5.32 Å². The van der Waals surface area contributed by atoms with Gasteiger partial charge in [0.1, 0.15) is 5.75 Å². The molecule has 0 aliphatic heterocycles. The molecule has 3 N–H and O–H groups in total. The van der Waals surface area contributed by atoms with E-state index in [0.29, 0.717) is 30.2 Å². The van der Waals surface area contributed by atoms with Crippen molar-refractivity contribution in [3.63, 3.8) is 0 Å². The number of rotatable bonds is 6. The lowest BCUT2D eigenvalue weighted by Gasteiger charge is -2.12. The number of ether oxygens (including phenoxy) is 1. The Morgan fingerprint density at radius 1 is 1.19 bits per heavy atom. The van der Waals surface area contributed by atoms with Crippen molar-refractivity contribution < 1.29 is 9.53 Å². The number of carbonyl (C=O) groups is 1. The van der Waals surface area contributed by atoms with Gasteiger partial charge in [-0.05, 0) is 36.2 Å². The van der Waals surface area contributed by atoms with Gasteiger partial charge in [-0.1, -0.05) is 31.2 Å². The van der Waals surface area contributed by atoms with Crippen LogP contribution in [-0.4, -0.2) is 12.5 Å². The molecule has 0 fully saturated rings. The lowest BCUT2D eigenvalue weighted by Crippen LogP contribution is -2.13. The molecule has 0 heterocycles. The average Bonchev–Trinajstić information content (AvgIpc) is 2.54. The van der Waals surface area contributed by atoms with Crippen LogP contribution in [-0.2, 0) is 6.54 Å².